The van der Waals surface area contributed by atoms with Crippen LogP contribution in [0.4, 0.5) is 32.0 Å². The highest BCUT2D eigenvalue weighted by molar-refractivity contribution is 5.98. The Balaban J connectivity index is 3.39. The Morgan fingerprint density at radius 1 is 1.04 bits per heavy atom. The number of alkyl halides is 6. The molecule has 1 rings (SSSR count). The SMILES string of the molecule is COC(=O)CN(C(=O)C(C)C)c1ccc(C(O)(C(F)(F)F)C(F)(F)F)cc1. The average molecular weight is 401 g/mol. The smallest absolute Gasteiger partial charge is 0.430 e. The van der Waals surface area contributed by atoms with Gasteiger partial charge < -0.3 is 14.7 Å². The van der Waals surface area contributed by atoms with Crippen molar-refractivity contribution < 1.29 is 45.8 Å². The van der Waals surface area contributed by atoms with Gasteiger partial charge in [-0.1, -0.05) is 26.0 Å². The molecule has 1 aromatic rings. The number of benzene rings is 1. The minimum absolute atomic E-state index is 0.130. The van der Waals surface area contributed by atoms with Gasteiger partial charge in [0, 0.05) is 17.2 Å². The van der Waals surface area contributed by atoms with Crippen LogP contribution in [0.25, 0.3) is 0 Å². The maximum absolute atomic E-state index is 12.9. The van der Waals surface area contributed by atoms with E-state index in [0.29, 0.717) is 12.1 Å². The number of rotatable bonds is 5. The second-order valence-corrected chi connectivity index (χ2v) is 5.91. The largest absolute Gasteiger partial charge is 0.468 e. The molecule has 152 valence electrons. The normalized spacial score (nSPS) is 12.9. The molecule has 0 aliphatic rings. The molecule has 5 nitrogen and oxygen atoms in total. The van der Waals surface area contributed by atoms with Gasteiger partial charge in [0.15, 0.2) is 0 Å². The summed E-state index contributed by atoms with van der Waals surface area (Å²) < 4.78 is 81.8. The molecule has 0 saturated carbocycles. The van der Waals surface area contributed by atoms with Gasteiger partial charge in [0.1, 0.15) is 6.54 Å². The zero-order valence-corrected chi connectivity index (χ0v) is 14.5. The maximum atomic E-state index is 12.9. The van der Waals surface area contributed by atoms with Crippen LogP contribution in [0.15, 0.2) is 24.3 Å². The van der Waals surface area contributed by atoms with E-state index in [1.54, 1.807) is 0 Å². The fourth-order valence-corrected chi connectivity index (χ4v) is 2.17. The van der Waals surface area contributed by atoms with Crippen molar-refractivity contribution >= 4 is 17.6 Å². The Hall–Kier alpha value is -2.30. The third-order valence-corrected chi connectivity index (χ3v) is 3.69. The monoisotopic (exact) mass is 401 g/mol. The molecule has 0 aliphatic heterocycles. The number of halogens is 6. The van der Waals surface area contributed by atoms with Gasteiger partial charge in [0.25, 0.3) is 5.60 Å². The number of hydrogen-bond donors (Lipinski definition) is 1. The second-order valence-electron chi connectivity index (χ2n) is 5.91. The summed E-state index contributed by atoms with van der Waals surface area (Å²) in [7, 11) is 1.05. The van der Waals surface area contributed by atoms with Crippen molar-refractivity contribution in [2.24, 2.45) is 5.92 Å². The molecule has 0 bridgehead atoms. The first-order valence-corrected chi connectivity index (χ1v) is 7.51. The molecular formula is C16H17F6NO4. The quantitative estimate of drug-likeness (QED) is 0.608. The summed E-state index contributed by atoms with van der Waals surface area (Å²) in [5.74, 6) is -2.05. The number of nitrogens with zero attached hydrogens (tertiary/aromatic N) is 1. The van der Waals surface area contributed by atoms with Crippen LogP contribution in [0.1, 0.15) is 19.4 Å². The Morgan fingerprint density at radius 2 is 1.48 bits per heavy atom. The molecular weight excluding hydrogens is 384 g/mol. The van der Waals surface area contributed by atoms with Crippen LogP contribution in [0, 0.1) is 5.92 Å². The predicted octanol–water partition coefficient (Wildman–Crippen LogP) is 3.16. The van der Waals surface area contributed by atoms with Gasteiger partial charge in [-0.2, -0.15) is 26.3 Å². The van der Waals surface area contributed by atoms with E-state index in [-0.39, 0.29) is 5.69 Å². The summed E-state index contributed by atoms with van der Waals surface area (Å²) in [4.78, 5) is 24.5. The summed E-state index contributed by atoms with van der Waals surface area (Å²) in [5, 5.41) is 9.36. The van der Waals surface area contributed by atoms with Crippen LogP contribution in [-0.2, 0) is 19.9 Å². The van der Waals surface area contributed by atoms with Crippen LogP contribution in [-0.4, -0.2) is 43.0 Å². The molecule has 0 spiro atoms. The van der Waals surface area contributed by atoms with E-state index in [0.717, 1.165) is 24.1 Å². The topological polar surface area (TPSA) is 66.8 Å². The van der Waals surface area contributed by atoms with Crippen molar-refractivity contribution in [2.75, 3.05) is 18.6 Å². The molecule has 0 fully saturated rings. The van der Waals surface area contributed by atoms with Crippen molar-refractivity contribution in [1.82, 2.24) is 0 Å². The van der Waals surface area contributed by atoms with Crippen LogP contribution in [0.2, 0.25) is 0 Å². The van der Waals surface area contributed by atoms with Gasteiger partial charge in [-0.15, -0.1) is 0 Å². The van der Waals surface area contributed by atoms with E-state index >= 15 is 0 Å². The number of methoxy groups -OCH3 is 1. The number of esters is 1. The lowest BCUT2D eigenvalue weighted by atomic mass is 9.92. The zero-order valence-electron chi connectivity index (χ0n) is 14.5. The van der Waals surface area contributed by atoms with E-state index in [1.807, 2.05) is 0 Å². The number of hydrogen-bond acceptors (Lipinski definition) is 4. The third-order valence-electron chi connectivity index (χ3n) is 3.69. The Bertz CT molecular complexity index is 668. The van der Waals surface area contributed by atoms with Gasteiger partial charge in [0.2, 0.25) is 5.91 Å². The number of amides is 1. The molecule has 27 heavy (non-hydrogen) atoms. The fraction of sp³-hybridized carbons (Fsp3) is 0.500. The molecule has 0 unspecified atom stereocenters. The molecule has 0 radical (unpaired) electrons. The average Bonchev–Trinajstić information content (AvgIpc) is 2.56. The van der Waals surface area contributed by atoms with Crippen molar-refractivity contribution in [2.45, 2.75) is 31.8 Å². The second kappa shape index (κ2) is 7.75. The first-order valence-electron chi connectivity index (χ1n) is 7.51. The Labute approximate surface area is 150 Å². The maximum Gasteiger partial charge on any atom is 0.430 e. The molecule has 1 aromatic carbocycles. The number of carbonyl (C=O) groups excluding carboxylic acids is 2. The lowest BCUT2D eigenvalue weighted by Crippen LogP contribution is -2.53. The summed E-state index contributed by atoms with van der Waals surface area (Å²) in [6.45, 7) is 2.40. The highest BCUT2D eigenvalue weighted by atomic mass is 19.4. The lowest BCUT2D eigenvalue weighted by Gasteiger charge is -2.33. The van der Waals surface area contributed by atoms with Gasteiger partial charge in [0.05, 0.1) is 7.11 Å². The lowest BCUT2D eigenvalue weighted by molar-refractivity contribution is -0.376. The summed E-state index contributed by atoms with van der Waals surface area (Å²) in [6.07, 6.45) is -12.0. The van der Waals surface area contributed by atoms with Crippen LogP contribution < -0.4 is 4.90 Å². The fourth-order valence-electron chi connectivity index (χ4n) is 2.17. The van der Waals surface area contributed by atoms with Crippen molar-refractivity contribution in [3.05, 3.63) is 29.8 Å². The number of carbonyl (C=O) groups is 2. The van der Waals surface area contributed by atoms with Crippen LogP contribution >= 0.6 is 0 Å². The van der Waals surface area contributed by atoms with Gasteiger partial charge in [-0.25, -0.2) is 0 Å². The standard InChI is InChI=1S/C16H17F6NO4/c1-9(2)13(25)23(8-12(24)27-3)11-6-4-10(5-7-11)14(26,15(17,18)19)16(20,21)22/h4-7,9,26H,8H2,1-3H3. The predicted molar refractivity (Wildman–Crippen MR) is 81.7 cm³/mol. The molecule has 0 atom stereocenters. The van der Waals surface area contributed by atoms with E-state index < -0.39 is 47.9 Å². The van der Waals surface area contributed by atoms with E-state index in [2.05, 4.69) is 4.74 Å². The molecule has 0 aromatic heterocycles. The van der Waals surface area contributed by atoms with Gasteiger partial charge in [-0.05, 0) is 12.1 Å². The number of anilines is 1. The van der Waals surface area contributed by atoms with Gasteiger partial charge in [-0.3, -0.25) is 9.59 Å². The highest BCUT2D eigenvalue weighted by Gasteiger charge is 2.71. The molecule has 0 heterocycles. The zero-order chi connectivity index (χ0) is 21.2. The molecule has 0 aliphatic carbocycles. The van der Waals surface area contributed by atoms with Crippen molar-refractivity contribution in [3.63, 3.8) is 0 Å². The first kappa shape index (κ1) is 22.7. The minimum Gasteiger partial charge on any atom is -0.468 e. The number of aliphatic hydroxyl groups is 1. The van der Waals surface area contributed by atoms with Crippen molar-refractivity contribution in [3.8, 4) is 0 Å². The number of ether oxygens (including phenoxy) is 1. The first-order chi connectivity index (χ1) is 12.2. The summed E-state index contributed by atoms with van der Waals surface area (Å²) in [6, 6.07) is 2.35. The van der Waals surface area contributed by atoms with Crippen LogP contribution in [0.5, 0.6) is 0 Å². The van der Waals surface area contributed by atoms with Gasteiger partial charge >= 0.3 is 18.3 Å². The highest BCUT2D eigenvalue weighted by Crippen LogP contribution is 2.50. The van der Waals surface area contributed by atoms with E-state index in [4.69, 9.17) is 0 Å². The molecule has 0 saturated heterocycles. The molecule has 1 N–H and O–H groups in total. The molecule has 11 heteroatoms. The Morgan fingerprint density at radius 3 is 1.81 bits per heavy atom. The van der Waals surface area contributed by atoms with E-state index in [1.165, 1.54) is 13.8 Å². The third kappa shape index (κ3) is 4.52. The van der Waals surface area contributed by atoms with Crippen molar-refractivity contribution in [1.29, 1.82) is 0 Å². The summed E-state index contributed by atoms with van der Waals surface area (Å²) in [5.41, 5.74) is -6.68. The molecule has 1 amide bonds. The van der Waals surface area contributed by atoms with Crippen LogP contribution in [0.3, 0.4) is 0 Å². The van der Waals surface area contributed by atoms with E-state index in [9.17, 15) is 41.0 Å². The summed E-state index contributed by atoms with van der Waals surface area (Å²) >= 11 is 0. The Kier molecular flexibility index (Phi) is 6.53. The minimum atomic E-state index is -6.02.